The summed E-state index contributed by atoms with van der Waals surface area (Å²) >= 11 is 0. The number of aryl methyl sites for hydroxylation is 3. The zero-order valence-electron chi connectivity index (χ0n) is 12.4. The lowest BCUT2D eigenvalue weighted by atomic mass is 10.1. The second kappa shape index (κ2) is 6.40. The smallest absolute Gasteiger partial charge is 0.109 e. The first-order chi connectivity index (χ1) is 10.3. The van der Waals surface area contributed by atoms with E-state index in [2.05, 4.69) is 83.3 Å². The van der Waals surface area contributed by atoms with Crippen molar-refractivity contribution in [3.05, 3.63) is 89.5 Å². The highest BCUT2D eigenvalue weighted by Gasteiger charge is 2.06. The molecule has 0 aliphatic heterocycles. The lowest BCUT2D eigenvalue weighted by Crippen LogP contribution is -2.05. The van der Waals surface area contributed by atoms with E-state index in [1.165, 1.54) is 17.0 Å². The predicted octanol–water partition coefficient (Wildman–Crippen LogP) is 4.03. The van der Waals surface area contributed by atoms with Crippen LogP contribution in [0.15, 0.2) is 66.9 Å². The number of rotatable bonds is 5. The van der Waals surface area contributed by atoms with E-state index < -0.39 is 0 Å². The van der Waals surface area contributed by atoms with Crippen LogP contribution in [0.2, 0.25) is 0 Å². The molecule has 1 aromatic heterocycles. The van der Waals surface area contributed by atoms with Gasteiger partial charge in [-0.05, 0) is 24.5 Å². The van der Waals surface area contributed by atoms with Crippen molar-refractivity contribution in [2.45, 2.75) is 26.3 Å². The molecule has 2 nitrogen and oxygen atoms in total. The topological polar surface area (TPSA) is 17.8 Å². The summed E-state index contributed by atoms with van der Waals surface area (Å²) in [7, 11) is 0. The molecule has 0 aliphatic rings. The Morgan fingerprint density at radius 2 is 1.43 bits per heavy atom. The van der Waals surface area contributed by atoms with Crippen LogP contribution in [0.3, 0.4) is 0 Å². The average molecular weight is 276 g/mol. The van der Waals surface area contributed by atoms with Gasteiger partial charge in [-0.2, -0.15) is 0 Å². The lowest BCUT2D eigenvalue weighted by Gasteiger charge is -2.08. The minimum Gasteiger partial charge on any atom is -0.330 e. The molecular weight excluding hydrogens is 256 g/mol. The van der Waals surface area contributed by atoms with Crippen LogP contribution < -0.4 is 0 Å². The summed E-state index contributed by atoms with van der Waals surface area (Å²) in [6.07, 6.45) is 4.16. The first-order valence-electron chi connectivity index (χ1n) is 7.42. The number of benzene rings is 2. The quantitative estimate of drug-likeness (QED) is 0.688. The molecule has 21 heavy (non-hydrogen) atoms. The number of hydrogen-bond acceptors (Lipinski definition) is 1. The fourth-order valence-electron chi connectivity index (χ4n) is 2.61. The fourth-order valence-corrected chi connectivity index (χ4v) is 2.61. The Kier molecular flexibility index (Phi) is 4.15. The molecular formula is C19H20N2. The second-order valence-corrected chi connectivity index (χ2v) is 5.40. The van der Waals surface area contributed by atoms with Crippen molar-refractivity contribution < 1.29 is 0 Å². The van der Waals surface area contributed by atoms with Crippen LogP contribution in [-0.2, 0) is 19.4 Å². The molecule has 106 valence electrons. The number of hydrogen-bond donors (Lipinski definition) is 0. The lowest BCUT2D eigenvalue weighted by molar-refractivity contribution is 0.712. The van der Waals surface area contributed by atoms with E-state index in [0.29, 0.717) is 0 Å². The van der Waals surface area contributed by atoms with Gasteiger partial charge in [0.2, 0.25) is 0 Å². The zero-order chi connectivity index (χ0) is 14.5. The SMILES string of the molecule is Cc1cn(Cc2ccccc2)c(CCc2ccccc2)n1. The van der Waals surface area contributed by atoms with Crippen LogP contribution in [-0.4, -0.2) is 9.55 Å². The van der Waals surface area contributed by atoms with Crippen LogP contribution >= 0.6 is 0 Å². The molecule has 0 aliphatic carbocycles. The average Bonchev–Trinajstić information content (AvgIpc) is 2.87. The third-order valence-corrected chi connectivity index (χ3v) is 3.66. The Hall–Kier alpha value is -2.35. The summed E-state index contributed by atoms with van der Waals surface area (Å²) in [6.45, 7) is 2.96. The van der Waals surface area contributed by atoms with Crippen LogP contribution in [0.4, 0.5) is 0 Å². The van der Waals surface area contributed by atoms with Crippen LogP contribution in [0, 0.1) is 6.92 Å². The van der Waals surface area contributed by atoms with Gasteiger partial charge in [-0.25, -0.2) is 4.98 Å². The van der Waals surface area contributed by atoms with Crippen molar-refractivity contribution in [2.75, 3.05) is 0 Å². The van der Waals surface area contributed by atoms with Gasteiger partial charge < -0.3 is 4.57 Å². The van der Waals surface area contributed by atoms with Crippen molar-refractivity contribution in [1.82, 2.24) is 9.55 Å². The minimum absolute atomic E-state index is 0.895. The molecule has 0 atom stereocenters. The van der Waals surface area contributed by atoms with Crippen LogP contribution in [0.5, 0.6) is 0 Å². The summed E-state index contributed by atoms with van der Waals surface area (Å²) in [5.41, 5.74) is 3.77. The number of imidazole rings is 1. The van der Waals surface area contributed by atoms with Gasteiger partial charge in [-0.15, -0.1) is 0 Å². The standard InChI is InChI=1S/C19H20N2/c1-16-14-21(15-18-10-6-3-7-11-18)19(20-16)13-12-17-8-4-2-5-9-17/h2-11,14H,12-13,15H2,1H3. The molecule has 0 amide bonds. The molecule has 0 bridgehead atoms. The maximum absolute atomic E-state index is 4.68. The van der Waals surface area contributed by atoms with Gasteiger partial charge in [0, 0.05) is 19.2 Å². The Labute approximate surface area is 126 Å². The Bertz CT molecular complexity index is 684. The highest BCUT2D eigenvalue weighted by molar-refractivity contribution is 5.18. The third-order valence-electron chi connectivity index (χ3n) is 3.66. The molecule has 0 fully saturated rings. The molecule has 0 saturated heterocycles. The first kappa shape index (κ1) is 13.6. The fraction of sp³-hybridized carbons (Fsp3) is 0.211. The largest absolute Gasteiger partial charge is 0.330 e. The maximum atomic E-state index is 4.68. The van der Waals surface area contributed by atoms with Crippen molar-refractivity contribution in [3.8, 4) is 0 Å². The minimum atomic E-state index is 0.895. The van der Waals surface area contributed by atoms with Crippen molar-refractivity contribution in [3.63, 3.8) is 0 Å². The zero-order valence-corrected chi connectivity index (χ0v) is 12.4. The molecule has 0 saturated carbocycles. The molecule has 0 N–H and O–H groups in total. The van der Waals surface area contributed by atoms with E-state index in [-0.39, 0.29) is 0 Å². The molecule has 3 aromatic rings. The van der Waals surface area contributed by atoms with E-state index in [0.717, 1.165) is 25.1 Å². The summed E-state index contributed by atoms with van der Waals surface area (Å²) in [5, 5.41) is 0. The number of nitrogens with zero attached hydrogens (tertiary/aromatic N) is 2. The van der Waals surface area contributed by atoms with Gasteiger partial charge in [0.1, 0.15) is 5.82 Å². The van der Waals surface area contributed by atoms with Gasteiger partial charge in [0.25, 0.3) is 0 Å². The summed E-state index contributed by atoms with van der Waals surface area (Å²) in [5.74, 6) is 1.17. The van der Waals surface area contributed by atoms with E-state index >= 15 is 0 Å². The van der Waals surface area contributed by atoms with Crippen molar-refractivity contribution >= 4 is 0 Å². The molecule has 0 spiro atoms. The Morgan fingerprint density at radius 1 is 0.810 bits per heavy atom. The highest BCUT2D eigenvalue weighted by atomic mass is 15.1. The normalized spacial score (nSPS) is 10.7. The monoisotopic (exact) mass is 276 g/mol. The van der Waals surface area contributed by atoms with Gasteiger partial charge in [-0.3, -0.25) is 0 Å². The van der Waals surface area contributed by atoms with Crippen LogP contribution in [0.1, 0.15) is 22.6 Å². The maximum Gasteiger partial charge on any atom is 0.109 e. The molecule has 2 aromatic carbocycles. The number of aromatic nitrogens is 2. The third kappa shape index (κ3) is 3.60. The molecule has 3 rings (SSSR count). The van der Waals surface area contributed by atoms with Gasteiger partial charge >= 0.3 is 0 Å². The van der Waals surface area contributed by atoms with Gasteiger partial charge in [0.05, 0.1) is 5.69 Å². The van der Waals surface area contributed by atoms with E-state index in [4.69, 9.17) is 0 Å². The van der Waals surface area contributed by atoms with Crippen LogP contribution in [0.25, 0.3) is 0 Å². The predicted molar refractivity (Wildman–Crippen MR) is 86.4 cm³/mol. The van der Waals surface area contributed by atoms with Gasteiger partial charge in [-0.1, -0.05) is 60.7 Å². The van der Waals surface area contributed by atoms with Crippen molar-refractivity contribution in [1.29, 1.82) is 0 Å². The summed E-state index contributed by atoms with van der Waals surface area (Å²) < 4.78 is 2.27. The first-order valence-corrected chi connectivity index (χ1v) is 7.42. The molecule has 0 radical (unpaired) electrons. The molecule has 1 heterocycles. The van der Waals surface area contributed by atoms with E-state index in [9.17, 15) is 0 Å². The van der Waals surface area contributed by atoms with E-state index in [1.807, 2.05) is 0 Å². The van der Waals surface area contributed by atoms with Crippen molar-refractivity contribution in [2.24, 2.45) is 0 Å². The Morgan fingerprint density at radius 3 is 2.10 bits per heavy atom. The second-order valence-electron chi connectivity index (χ2n) is 5.40. The molecule has 2 heteroatoms. The molecule has 0 unspecified atom stereocenters. The summed E-state index contributed by atoms with van der Waals surface area (Å²) in [6, 6.07) is 21.2. The Balaban J connectivity index is 1.73. The van der Waals surface area contributed by atoms with E-state index in [1.54, 1.807) is 0 Å². The summed E-state index contributed by atoms with van der Waals surface area (Å²) in [4.78, 5) is 4.68. The van der Waals surface area contributed by atoms with Gasteiger partial charge in [0.15, 0.2) is 0 Å². The highest BCUT2D eigenvalue weighted by Crippen LogP contribution is 2.11.